The molecular weight excluding hydrogens is 959 g/mol. The summed E-state index contributed by atoms with van der Waals surface area (Å²) in [6.07, 6.45) is -8.75. The Morgan fingerprint density at radius 3 is 1.42 bits per heavy atom. The highest BCUT2D eigenvalue weighted by Crippen LogP contribution is 2.36. The van der Waals surface area contributed by atoms with Crippen molar-refractivity contribution < 1.29 is 58.9 Å². The lowest BCUT2D eigenvalue weighted by molar-refractivity contribution is -0.160. The number of hydrogen-bond acceptors (Lipinski definition) is 13. The molecule has 12 nitrogen and oxygen atoms in total. The number of alkyl halides is 6. The Kier molecular flexibility index (Phi) is 15.7. The normalized spacial score (nSPS) is 11.9. The van der Waals surface area contributed by atoms with E-state index in [0.717, 1.165) is 38.6 Å². The van der Waals surface area contributed by atoms with E-state index in [1.165, 1.54) is 65.9 Å². The van der Waals surface area contributed by atoms with E-state index in [-0.39, 0.29) is 57.6 Å². The van der Waals surface area contributed by atoms with Gasteiger partial charge in [-0.2, -0.15) is 36.3 Å². The molecule has 3 N–H and O–H groups in total. The topological polar surface area (TPSA) is 184 Å². The van der Waals surface area contributed by atoms with E-state index in [1.54, 1.807) is 47.7 Å². The highest BCUT2D eigenvalue weighted by molar-refractivity contribution is 7.10. The molecular formula is C47H39F8N7O5S2. The molecule has 0 saturated heterocycles. The number of halogens is 8. The number of aromatic carboxylic acids is 1. The maximum atomic E-state index is 13.2. The van der Waals surface area contributed by atoms with E-state index in [1.807, 2.05) is 24.6 Å². The molecule has 4 heterocycles. The van der Waals surface area contributed by atoms with Crippen molar-refractivity contribution in [1.29, 1.82) is 0 Å². The fourth-order valence-corrected chi connectivity index (χ4v) is 7.92. The Morgan fingerprint density at radius 1 is 0.594 bits per heavy atom. The number of benzene rings is 4. The third kappa shape index (κ3) is 13.4. The van der Waals surface area contributed by atoms with E-state index in [0.29, 0.717) is 18.5 Å². The summed E-state index contributed by atoms with van der Waals surface area (Å²) in [7, 11) is 0. The standard InChI is InChI=1S/C24H19F4N3O2S.C13H15FN2S.C10H5F3N2O3/c1-23(2,22-29-18(13-34-22)14-6-8-17(25)9-7-14)11-10-19(32)15-4-3-5-16(12-15)20-30-21(33-31-20)24(26,27)28;1-13(2,8-15)12-16-11(7-17-12)9-3-5-10(14)6-4-9;11-10(12,13)9-14-7(15-18-9)5-2-1-3-6(4-5)8(16)17/h3-9,12-13H,10-11H2,1-2H3;3-7H,8,15H2,1-2H3;1-4H,(H,16,17). The molecule has 360 valence electrons. The molecule has 0 aliphatic carbocycles. The zero-order valence-electron chi connectivity index (χ0n) is 36.7. The molecule has 0 spiro atoms. The maximum absolute atomic E-state index is 13.2. The average molecular weight is 998 g/mol. The lowest BCUT2D eigenvalue weighted by Crippen LogP contribution is -2.27. The van der Waals surface area contributed by atoms with Gasteiger partial charge in [-0.05, 0) is 73.2 Å². The van der Waals surface area contributed by atoms with Crippen LogP contribution < -0.4 is 5.73 Å². The first-order chi connectivity index (χ1) is 32.4. The first kappa shape index (κ1) is 51.4. The van der Waals surface area contributed by atoms with E-state index >= 15 is 0 Å². The maximum Gasteiger partial charge on any atom is 0.471 e. The smallest absolute Gasteiger partial charge is 0.471 e. The Labute approximate surface area is 395 Å². The molecule has 69 heavy (non-hydrogen) atoms. The number of nitrogens with two attached hydrogens (primary N) is 1. The van der Waals surface area contributed by atoms with Crippen LogP contribution in [0.1, 0.15) is 83.0 Å². The second kappa shape index (κ2) is 21.1. The van der Waals surface area contributed by atoms with Crippen LogP contribution in [0.5, 0.6) is 0 Å². The number of rotatable bonds is 12. The zero-order valence-corrected chi connectivity index (χ0v) is 38.3. The summed E-state index contributed by atoms with van der Waals surface area (Å²) in [5, 5.41) is 21.0. The molecule has 0 unspecified atom stereocenters. The Hall–Kier alpha value is -7.04. The minimum atomic E-state index is -4.74. The van der Waals surface area contributed by atoms with Gasteiger partial charge in [-0.15, -0.1) is 22.7 Å². The number of carboxylic acid groups (broad SMARTS) is 1. The number of nitrogens with zero attached hydrogens (tertiary/aromatic N) is 6. The monoisotopic (exact) mass is 997 g/mol. The molecule has 8 aromatic rings. The van der Waals surface area contributed by atoms with Crippen molar-refractivity contribution in [3.63, 3.8) is 0 Å². The van der Waals surface area contributed by atoms with Gasteiger partial charge in [0.15, 0.2) is 5.78 Å². The van der Waals surface area contributed by atoms with Crippen molar-refractivity contribution in [2.75, 3.05) is 6.54 Å². The number of ketones is 1. The predicted octanol–water partition coefficient (Wildman–Crippen LogP) is 12.6. The van der Waals surface area contributed by atoms with E-state index in [2.05, 4.69) is 53.1 Å². The third-order valence-corrected chi connectivity index (χ3v) is 12.5. The van der Waals surface area contributed by atoms with Crippen LogP contribution in [0, 0.1) is 11.6 Å². The first-order valence-corrected chi connectivity index (χ1v) is 22.1. The van der Waals surface area contributed by atoms with Gasteiger partial charge in [0.1, 0.15) is 16.6 Å². The highest BCUT2D eigenvalue weighted by Gasteiger charge is 2.39. The third-order valence-electron chi connectivity index (χ3n) is 10.1. The van der Waals surface area contributed by atoms with Gasteiger partial charge in [-0.1, -0.05) is 68.3 Å². The lowest BCUT2D eigenvalue weighted by atomic mass is 9.86. The van der Waals surface area contributed by atoms with Gasteiger partial charge in [0.25, 0.3) is 0 Å². The van der Waals surface area contributed by atoms with Gasteiger partial charge < -0.3 is 19.9 Å². The van der Waals surface area contributed by atoms with E-state index < -0.39 is 35.5 Å². The summed E-state index contributed by atoms with van der Waals surface area (Å²) in [6, 6.07) is 23.8. The van der Waals surface area contributed by atoms with Crippen LogP contribution in [0.2, 0.25) is 0 Å². The number of carbonyl (C=O) groups is 2. The average Bonchev–Trinajstić information content (AvgIpc) is 4.17. The number of carboxylic acids is 1. The number of aromatic nitrogens is 6. The Bertz CT molecular complexity index is 3020. The molecule has 0 aliphatic heterocycles. The second-order valence-electron chi connectivity index (χ2n) is 16.3. The minimum absolute atomic E-state index is 0.0779. The quantitative estimate of drug-likeness (QED) is 0.0873. The number of thiazole rings is 2. The molecule has 0 radical (unpaired) electrons. The van der Waals surface area contributed by atoms with Crippen LogP contribution in [0.25, 0.3) is 45.3 Å². The minimum Gasteiger partial charge on any atom is -0.478 e. The molecule has 0 amide bonds. The van der Waals surface area contributed by atoms with Crippen molar-refractivity contribution in [2.24, 2.45) is 5.73 Å². The van der Waals surface area contributed by atoms with Crippen LogP contribution in [0.15, 0.2) is 117 Å². The van der Waals surface area contributed by atoms with Gasteiger partial charge in [0, 0.05) is 62.4 Å². The van der Waals surface area contributed by atoms with Crippen molar-refractivity contribution in [2.45, 2.75) is 63.7 Å². The van der Waals surface area contributed by atoms with Gasteiger partial charge in [0.05, 0.1) is 22.0 Å². The van der Waals surface area contributed by atoms with Crippen molar-refractivity contribution in [3.05, 3.63) is 152 Å². The lowest BCUT2D eigenvalue weighted by Gasteiger charge is -2.21. The summed E-state index contributed by atoms with van der Waals surface area (Å²) in [5.41, 5.74) is 9.24. The molecule has 22 heteroatoms. The summed E-state index contributed by atoms with van der Waals surface area (Å²) in [6.45, 7) is 8.67. The van der Waals surface area contributed by atoms with Crippen LogP contribution in [0.4, 0.5) is 35.1 Å². The van der Waals surface area contributed by atoms with Crippen LogP contribution in [0.3, 0.4) is 0 Å². The summed E-state index contributed by atoms with van der Waals surface area (Å²) in [5.74, 6) is -5.37. The molecule has 4 aromatic carbocycles. The van der Waals surface area contributed by atoms with E-state index in [9.17, 15) is 44.7 Å². The fraction of sp³-hybridized carbons (Fsp3) is 0.234. The van der Waals surface area contributed by atoms with Crippen LogP contribution >= 0.6 is 22.7 Å². The van der Waals surface area contributed by atoms with Gasteiger partial charge in [-0.25, -0.2) is 23.5 Å². The van der Waals surface area contributed by atoms with Crippen molar-refractivity contribution >= 4 is 34.4 Å². The fourth-order valence-electron chi connectivity index (χ4n) is 5.98. The molecule has 4 aromatic heterocycles. The largest absolute Gasteiger partial charge is 0.478 e. The van der Waals surface area contributed by atoms with Crippen LogP contribution in [-0.4, -0.2) is 53.7 Å². The van der Waals surface area contributed by atoms with E-state index in [4.69, 9.17) is 10.8 Å². The van der Waals surface area contributed by atoms with Gasteiger partial charge in [-0.3, -0.25) is 4.79 Å². The van der Waals surface area contributed by atoms with Crippen LogP contribution in [-0.2, 0) is 23.2 Å². The van der Waals surface area contributed by atoms with Gasteiger partial charge >= 0.3 is 30.1 Å². The Balaban J connectivity index is 0.000000188. The molecule has 0 fully saturated rings. The number of carbonyl (C=O) groups excluding carboxylic acids is 1. The highest BCUT2D eigenvalue weighted by atomic mass is 32.1. The summed E-state index contributed by atoms with van der Waals surface area (Å²) in [4.78, 5) is 39.3. The summed E-state index contributed by atoms with van der Waals surface area (Å²) >= 11 is 3.07. The first-order valence-electron chi connectivity index (χ1n) is 20.4. The predicted molar refractivity (Wildman–Crippen MR) is 240 cm³/mol. The van der Waals surface area contributed by atoms with Gasteiger partial charge in [0.2, 0.25) is 11.6 Å². The SMILES string of the molecule is CC(C)(CCC(=O)c1cccc(-c2noc(C(F)(F)F)n2)c1)c1nc(-c2ccc(F)cc2)cs1.CC(C)(CN)c1nc(-c2ccc(F)cc2)cs1.O=C(O)c1cccc(-c2noc(C(F)(F)F)n2)c1. The molecule has 0 bridgehead atoms. The number of Topliss-reactive ketones (excluding diaryl/α,β-unsaturated/α-hetero) is 1. The molecule has 0 atom stereocenters. The molecule has 0 saturated carbocycles. The number of hydrogen-bond donors (Lipinski definition) is 2. The van der Waals surface area contributed by atoms with Crippen molar-refractivity contribution in [1.82, 2.24) is 30.2 Å². The molecule has 8 rings (SSSR count). The summed E-state index contributed by atoms with van der Waals surface area (Å²) < 4.78 is 109. The molecule has 0 aliphatic rings. The Morgan fingerprint density at radius 2 is 1.01 bits per heavy atom. The van der Waals surface area contributed by atoms with Crippen molar-refractivity contribution in [3.8, 4) is 45.3 Å². The zero-order chi connectivity index (χ0) is 50.3. The second-order valence-corrected chi connectivity index (χ2v) is 18.0.